The molecule has 2 aromatic carbocycles. The van der Waals surface area contributed by atoms with Crippen LogP contribution in [0.4, 0.5) is 14.5 Å². The van der Waals surface area contributed by atoms with Crippen molar-refractivity contribution >= 4 is 32.5 Å². The van der Waals surface area contributed by atoms with Crippen molar-refractivity contribution in [1.82, 2.24) is 4.98 Å². The fraction of sp³-hybridized carbons (Fsp3) is 0.222. The van der Waals surface area contributed by atoms with E-state index < -0.39 is 11.6 Å². The molecular weight excluding hydrogens is 362 g/mol. The second kappa shape index (κ2) is 5.64. The zero-order valence-corrected chi connectivity index (χ0v) is 13.9. The molecule has 1 aliphatic carbocycles. The van der Waals surface area contributed by atoms with Crippen LogP contribution in [0.5, 0.6) is 0 Å². The van der Waals surface area contributed by atoms with Crippen molar-refractivity contribution in [3.8, 4) is 0 Å². The molecule has 0 aliphatic heterocycles. The van der Waals surface area contributed by atoms with Crippen molar-refractivity contribution in [2.24, 2.45) is 0 Å². The molecule has 1 heterocycles. The molecule has 118 valence electrons. The van der Waals surface area contributed by atoms with E-state index in [0.29, 0.717) is 0 Å². The number of fused-ring (bicyclic) bond motifs is 3. The SMILES string of the molecule is Fc1cccc(NC2CCCc3c2[nH]c2ccc(Br)cc32)c1F. The number of aryl methyl sites for hydroxylation is 1. The third-order valence-electron chi connectivity index (χ3n) is 4.45. The molecule has 4 rings (SSSR count). The monoisotopic (exact) mass is 376 g/mol. The van der Waals surface area contributed by atoms with Gasteiger partial charge in [-0.2, -0.15) is 0 Å². The molecule has 1 aromatic heterocycles. The van der Waals surface area contributed by atoms with Gasteiger partial charge in [0, 0.05) is 21.1 Å². The molecule has 3 aromatic rings. The van der Waals surface area contributed by atoms with E-state index >= 15 is 0 Å². The van der Waals surface area contributed by atoms with Crippen molar-refractivity contribution in [2.45, 2.75) is 25.3 Å². The lowest BCUT2D eigenvalue weighted by Gasteiger charge is -2.25. The van der Waals surface area contributed by atoms with Gasteiger partial charge in [-0.25, -0.2) is 8.78 Å². The van der Waals surface area contributed by atoms with Crippen LogP contribution in [-0.4, -0.2) is 4.98 Å². The summed E-state index contributed by atoms with van der Waals surface area (Å²) in [6, 6.07) is 10.3. The van der Waals surface area contributed by atoms with E-state index in [0.717, 1.165) is 41.0 Å². The smallest absolute Gasteiger partial charge is 0.181 e. The predicted octanol–water partition coefficient (Wildman–Crippen LogP) is 5.70. The molecule has 2 N–H and O–H groups in total. The summed E-state index contributed by atoms with van der Waals surface area (Å²) >= 11 is 3.51. The van der Waals surface area contributed by atoms with E-state index in [9.17, 15) is 8.78 Å². The van der Waals surface area contributed by atoms with E-state index in [1.54, 1.807) is 6.07 Å². The molecule has 0 saturated heterocycles. The minimum absolute atomic E-state index is 0.0405. The van der Waals surface area contributed by atoms with Gasteiger partial charge in [-0.05, 0) is 55.2 Å². The van der Waals surface area contributed by atoms with Crippen LogP contribution in [0.2, 0.25) is 0 Å². The number of hydrogen-bond acceptors (Lipinski definition) is 1. The standard InChI is InChI=1S/C18H15BrF2N2/c19-10-7-8-14-12(9-10)11-3-1-6-16(18(11)23-14)22-15-5-2-4-13(20)17(15)21/h2,4-5,7-9,16,22-23H,1,3,6H2. The Bertz CT molecular complexity index is 888. The van der Waals surface area contributed by atoms with Crippen LogP contribution in [0.3, 0.4) is 0 Å². The number of rotatable bonds is 2. The summed E-state index contributed by atoms with van der Waals surface area (Å²) in [6.07, 6.45) is 2.90. The first-order valence-corrected chi connectivity index (χ1v) is 8.43. The number of aromatic nitrogens is 1. The van der Waals surface area contributed by atoms with Crippen LogP contribution in [0.15, 0.2) is 40.9 Å². The highest BCUT2D eigenvalue weighted by Crippen LogP contribution is 2.37. The maximum atomic E-state index is 13.9. The number of anilines is 1. The summed E-state index contributed by atoms with van der Waals surface area (Å²) in [5.41, 5.74) is 3.63. The van der Waals surface area contributed by atoms with E-state index in [1.807, 2.05) is 12.1 Å². The normalized spacial score (nSPS) is 17.3. The first-order chi connectivity index (χ1) is 11.1. The molecule has 0 bridgehead atoms. The highest BCUT2D eigenvalue weighted by Gasteiger charge is 2.25. The molecule has 0 saturated carbocycles. The topological polar surface area (TPSA) is 27.8 Å². The van der Waals surface area contributed by atoms with Crippen molar-refractivity contribution < 1.29 is 8.78 Å². The van der Waals surface area contributed by atoms with Crippen molar-refractivity contribution in [2.75, 3.05) is 5.32 Å². The Labute approximate surface area is 141 Å². The summed E-state index contributed by atoms with van der Waals surface area (Å²) in [7, 11) is 0. The van der Waals surface area contributed by atoms with Crippen molar-refractivity contribution in [3.05, 3.63) is 63.8 Å². The van der Waals surface area contributed by atoms with Crippen LogP contribution >= 0.6 is 15.9 Å². The third-order valence-corrected chi connectivity index (χ3v) is 4.94. The number of hydrogen-bond donors (Lipinski definition) is 2. The number of nitrogens with one attached hydrogen (secondary N) is 2. The Balaban J connectivity index is 1.76. The van der Waals surface area contributed by atoms with Crippen LogP contribution in [-0.2, 0) is 6.42 Å². The summed E-state index contributed by atoms with van der Waals surface area (Å²) < 4.78 is 28.4. The number of aromatic amines is 1. The van der Waals surface area contributed by atoms with Gasteiger partial charge in [0.25, 0.3) is 0 Å². The fourth-order valence-corrected chi connectivity index (χ4v) is 3.74. The second-order valence-corrected chi connectivity index (χ2v) is 6.81. The Kier molecular flexibility index (Phi) is 3.60. The Hall–Kier alpha value is -1.88. The van der Waals surface area contributed by atoms with Crippen molar-refractivity contribution in [3.63, 3.8) is 0 Å². The number of H-pyrrole nitrogens is 1. The maximum absolute atomic E-state index is 13.9. The van der Waals surface area contributed by atoms with Crippen LogP contribution < -0.4 is 5.32 Å². The van der Waals surface area contributed by atoms with Crippen LogP contribution in [0.1, 0.15) is 30.1 Å². The lowest BCUT2D eigenvalue weighted by molar-refractivity contribution is 0.507. The summed E-state index contributed by atoms with van der Waals surface area (Å²) in [5, 5.41) is 4.36. The van der Waals surface area contributed by atoms with E-state index in [-0.39, 0.29) is 11.7 Å². The molecule has 1 unspecified atom stereocenters. The minimum atomic E-state index is -0.827. The molecular formula is C18H15BrF2N2. The van der Waals surface area contributed by atoms with Gasteiger partial charge >= 0.3 is 0 Å². The molecule has 0 spiro atoms. The van der Waals surface area contributed by atoms with E-state index in [4.69, 9.17) is 0 Å². The molecule has 0 fully saturated rings. The van der Waals surface area contributed by atoms with Gasteiger partial charge in [-0.15, -0.1) is 0 Å². The highest BCUT2D eigenvalue weighted by atomic mass is 79.9. The van der Waals surface area contributed by atoms with Gasteiger partial charge in [0.05, 0.1) is 11.7 Å². The molecule has 23 heavy (non-hydrogen) atoms. The van der Waals surface area contributed by atoms with Crippen LogP contribution in [0, 0.1) is 11.6 Å². The van der Waals surface area contributed by atoms with Crippen LogP contribution in [0.25, 0.3) is 10.9 Å². The zero-order valence-electron chi connectivity index (χ0n) is 12.3. The predicted molar refractivity (Wildman–Crippen MR) is 91.7 cm³/mol. The quantitative estimate of drug-likeness (QED) is 0.589. The highest BCUT2D eigenvalue weighted by molar-refractivity contribution is 9.10. The summed E-state index contributed by atoms with van der Waals surface area (Å²) in [5.74, 6) is -1.65. The van der Waals surface area contributed by atoms with Gasteiger partial charge in [0.15, 0.2) is 11.6 Å². The molecule has 2 nitrogen and oxygen atoms in total. The lowest BCUT2D eigenvalue weighted by atomic mass is 9.91. The average Bonchev–Trinajstić information content (AvgIpc) is 2.91. The van der Waals surface area contributed by atoms with Gasteiger partial charge in [-0.3, -0.25) is 0 Å². The molecule has 5 heteroatoms. The number of benzene rings is 2. The largest absolute Gasteiger partial charge is 0.374 e. The number of halogens is 3. The Morgan fingerprint density at radius 2 is 2.04 bits per heavy atom. The zero-order chi connectivity index (χ0) is 16.0. The molecule has 1 aliphatic rings. The van der Waals surface area contributed by atoms with Gasteiger partial charge < -0.3 is 10.3 Å². The first kappa shape index (κ1) is 14.7. The average molecular weight is 377 g/mol. The summed E-state index contributed by atoms with van der Waals surface area (Å²) in [6.45, 7) is 0. The Morgan fingerprint density at radius 1 is 1.17 bits per heavy atom. The minimum Gasteiger partial charge on any atom is -0.374 e. The van der Waals surface area contributed by atoms with Crippen molar-refractivity contribution in [1.29, 1.82) is 0 Å². The molecule has 1 atom stereocenters. The molecule has 0 amide bonds. The summed E-state index contributed by atoms with van der Waals surface area (Å²) in [4.78, 5) is 3.45. The Morgan fingerprint density at radius 3 is 2.91 bits per heavy atom. The lowest BCUT2D eigenvalue weighted by Crippen LogP contribution is -2.18. The maximum Gasteiger partial charge on any atom is 0.181 e. The van der Waals surface area contributed by atoms with Gasteiger partial charge in [0.2, 0.25) is 0 Å². The second-order valence-electron chi connectivity index (χ2n) is 5.90. The molecule has 0 radical (unpaired) electrons. The van der Waals surface area contributed by atoms with Gasteiger partial charge in [0.1, 0.15) is 0 Å². The van der Waals surface area contributed by atoms with E-state index in [1.165, 1.54) is 17.0 Å². The first-order valence-electron chi connectivity index (χ1n) is 7.64. The van der Waals surface area contributed by atoms with Gasteiger partial charge in [-0.1, -0.05) is 22.0 Å². The van der Waals surface area contributed by atoms with E-state index in [2.05, 4.69) is 32.3 Å². The third kappa shape index (κ3) is 2.53. The fourth-order valence-electron chi connectivity index (χ4n) is 3.38.